The zero-order chi connectivity index (χ0) is 21.1. The molecule has 0 amide bonds. The topological polar surface area (TPSA) is 93.7 Å². The highest BCUT2D eigenvalue weighted by atomic mass is 16.5. The van der Waals surface area contributed by atoms with Gasteiger partial charge in [-0.15, -0.1) is 0 Å². The second-order valence-corrected chi connectivity index (χ2v) is 7.67. The molecule has 3 aromatic rings. The molecule has 0 saturated heterocycles. The lowest BCUT2D eigenvalue weighted by Crippen LogP contribution is -2.18. The standard InChI is InChI=1S/C23H23N5O2/c1-15-4-6-21(26-11-15)19-10-18(19)14-30-23-20(12-25-16(2)27-23)17-5-7-22(29)28(13-17)9-3-8-24/h4-7,11-13,18-19H,3,9-10,14H2,1-2H3. The third kappa shape index (κ3) is 4.38. The molecule has 1 fully saturated rings. The molecule has 1 saturated carbocycles. The number of nitrogens with zero attached hydrogens (tertiary/aromatic N) is 5. The van der Waals surface area contributed by atoms with E-state index in [0.29, 0.717) is 36.7 Å². The Labute approximate surface area is 175 Å². The largest absolute Gasteiger partial charge is 0.477 e. The first-order chi connectivity index (χ1) is 14.5. The first-order valence-corrected chi connectivity index (χ1v) is 10.0. The first kappa shape index (κ1) is 19.8. The number of aryl methyl sites for hydroxylation is 3. The molecule has 3 heterocycles. The van der Waals surface area contributed by atoms with Crippen LogP contribution in [0.2, 0.25) is 0 Å². The van der Waals surface area contributed by atoms with Crippen molar-refractivity contribution >= 4 is 0 Å². The molecule has 7 nitrogen and oxygen atoms in total. The van der Waals surface area contributed by atoms with E-state index in [9.17, 15) is 4.79 Å². The SMILES string of the molecule is Cc1ccc(C2CC2COc2nc(C)ncc2-c2ccc(=O)n(CCC#N)c2)nc1. The summed E-state index contributed by atoms with van der Waals surface area (Å²) in [5.41, 5.74) is 3.64. The van der Waals surface area contributed by atoms with E-state index in [1.807, 2.05) is 20.0 Å². The zero-order valence-corrected chi connectivity index (χ0v) is 17.1. The molecule has 2 atom stereocenters. The molecule has 0 spiro atoms. The molecule has 0 aromatic carbocycles. The Morgan fingerprint density at radius 1 is 1.20 bits per heavy atom. The molecular weight excluding hydrogens is 378 g/mol. The summed E-state index contributed by atoms with van der Waals surface area (Å²) in [6, 6.07) is 9.48. The van der Waals surface area contributed by atoms with E-state index in [0.717, 1.165) is 28.8 Å². The molecule has 0 bridgehead atoms. The van der Waals surface area contributed by atoms with Gasteiger partial charge in [-0.05, 0) is 38.0 Å². The predicted octanol–water partition coefficient (Wildman–Crippen LogP) is 3.41. The minimum atomic E-state index is -0.143. The van der Waals surface area contributed by atoms with Gasteiger partial charge in [-0.3, -0.25) is 9.78 Å². The van der Waals surface area contributed by atoms with E-state index in [2.05, 4.69) is 33.2 Å². The molecule has 3 aromatic heterocycles. The number of ether oxygens (including phenoxy) is 1. The summed E-state index contributed by atoms with van der Waals surface area (Å²) in [4.78, 5) is 25.4. The first-order valence-electron chi connectivity index (χ1n) is 10.0. The van der Waals surface area contributed by atoms with Gasteiger partial charge in [-0.2, -0.15) is 10.2 Å². The molecule has 2 unspecified atom stereocenters. The van der Waals surface area contributed by atoms with Gasteiger partial charge in [0.1, 0.15) is 5.82 Å². The molecule has 1 aliphatic carbocycles. The molecular formula is C23H23N5O2. The number of hydrogen-bond acceptors (Lipinski definition) is 6. The van der Waals surface area contributed by atoms with Crippen molar-refractivity contribution in [3.8, 4) is 23.1 Å². The van der Waals surface area contributed by atoms with Crippen molar-refractivity contribution in [1.29, 1.82) is 5.26 Å². The molecule has 7 heteroatoms. The molecule has 0 N–H and O–H groups in total. The van der Waals surface area contributed by atoms with Crippen molar-refractivity contribution in [1.82, 2.24) is 19.5 Å². The predicted molar refractivity (Wildman–Crippen MR) is 112 cm³/mol. The maximum absolute atomic E-state index is 12.0. The fourth-order valence-electron chi connectivity index (χ4n) is 3.47. The Morgan fingerprint density at radius 3 is 2.83 bits per heavy atom. The molecule has 152 valence electrons. The Balaban J connectivity index is 1.51. The highest BCUT2D eigenvalue weighted by Crippen LogP contribution is 2.47. The van der Waals surface area contributed by atoms with Crippen molar-refractivity contribution in [3.05, 3.63) is 70.3 Å². The highest BCUT2D eigenvalue weighted by Gasteiger charge is 2.40. The van der Waals surface area contributed by atoms with Crippen molar-refractivity contribution in [3.63, 3.8) is 0 Å². The summed E-state index contributed by atoms with van der Waals surface area (Å²) in [7, 11) is 0. The quantitative estimate of drug-likeness (QED) is 0.602. The van der Waals surface area contributed by atoms with Crippen molar-refractivity contribution in [2.75, 3.05) is 6.61 Å². The van der Waals surface area contributed by atoms with Gasteiger partial charge >= 0.3 is 0 Å². The van der Waals surface area contributed by atoms with Crippen LogP contribution in [0.15, 0.2) is 47.7 Å². The van der Waals surface area contributed by atoms with Crippen LogP contribution in [0, 0.1) is 31.1 Å². The van der Waals surface area contributed by atoms with Gasteiger partial charge in [0.2, 0.25) is 5.88 Å². The van der Waals surface area contributed by atoms with Crippen LogP contribution < -0.4 is 10.3 Å². The zero-order valence-electron chi connectivity index (χ0n) is 17.1. The third-order valence-electron chi connectivity index (χ3n) is 5.30. The normalized spacial score (nSPS) is 17.4. The summed E-state index contributed by atoms with van der Waals surface area (Å²) in [5.74, 6) is 1.97. The van der Waals surface area contributed by atoms with Crippen LogP contribution in [-0.4, -0.2) is 26.1 Å². The molecule has 4 rings (SSSR count). The summed E-state index contributed by atoms with van der Waals surface area (Å²) in [6.07, 6.45) is 6.68. The average molecular weight is 401 g/mol. The summed E-state index contributed by atoms with van der Waals surface area (Å²) >= 11 is 0. The van der Waals surface area contributed by atoms with Crippen LogP contribution >= 0.6 is 0 Å². The van der Waals surface area contributed by atoms with Gasteiger partial charge < -0.3 is 9.30 Å². The maximum atomic E-state index is 12.0. The summed E-state index contributed by atoms with van der Waals surface area (Å²) in [5, 5.41) is 8.81. The van der Waals surface area contributed by atoms with Crippen molar-refractivity contribution < 1.29 is 4.74 Å². The lowest BCUT2D eigenvalue weighted by atomic mass is 10.1. The van der Waals surface area contributed by atoms with Crippen LogP contribution in [0.4, 0.5) is 0 Å². The van der Waals surface area contributed by atoms with Gasteiger partial charge in [0.25, 0.3) is 5.56 Å². The van der Waals surface area contributed by atoms with Gasteiger partial charge in [0.15, 0.2) is 0 Å². The van der Waals surface area contributed by atoms with Crippen LogP contribution in [-0.2, 0) is 6.54 Å². The lowest BCUT2D eigenvalue weighted by Gasteiger charge is -2.12. The number of hydrogen-bond donors (Lipinski definition) is 0. The molecule has 1 aliphatic rings. The average Bonchev–Trinajstić information content (AvgIpc) is 3.52. The minimum Gasteiger partial charge on any atom is -0.477 e. The summed E-state index contributed by atoms with van der Waals surface area (Å²) < 4.78 is 7.63. The number of nitriles is 1. The third-order valence-corrected chi connectivity index (χ3v) is 5.30. The van der Waals surface area contributed by atoms with Gasteiger partial charge in [0.05, 0.1) is 24.7 Å². The van der Waals surface area contributed by atoms with E-state index in [4.69, 9.17) is 10.00 Å². The Hall–Kier alpha value is -3.53. The second-order valence-electron chi connectivity index (χ2n) is 7.67. The van der Waals surface area contributed by atoms with E-state index >= 15 is 0 Å². The van der Waals surface area contributed by atoms with E-state index in [-0.39, 0.29) is 12.0 Å². The van der Waals surface area contributed by atoms with Gasteiger partial charge in [-0.25, -0.2) is 4.98 Å². The lowest BCUT2D eigenvalue weighted by molar-refractivity contribution is 0.285. The molecule has 0 aliphatic heterocycles. The highest BCUT2D eigenvalue weighted by molar-refractivity contribution is 5.66. The van der Waals surface area contributed by atoms with Gasteiger partial charge in [0, 0.05) is 54.3 Å². The fourth-order valence-corrected chi connectivity index (χ4v) is 3.47. The maximum Gasteiger partial charge on any atom is 0.250 e. The second kappa shape index (κ2) is 8.46. The Bertz CT molecular complexity index is 1150. The van der Waals surface area contributed by atoms with Crippen LogP contribution in [0.5, 0.6) is 5.88 Å². The number of pyridine rings is 2. The molecule has 30 heavy (non-hydrogen) atoms. The van der Waals surface area contributed by atoms with Crippen LogP contribution in [0.1, 0.15) is 35.8 Å². The minimum absolute atomic E-state index is 0.143. The van der Waals surface area contributed by atoms with E-state index in [1.165, 1.54) is 10.6 Å². The molecule has 0 radical (unpaired) electrons. The van der Waals surface area contributed by atoms with Crippen molar-refractivity contribution in [2.24, 2.45) is 5.92 Å². The smallest absolute Gasteiger partial charge is 0.250 e. The summed E-state index contributed by atoms with van der Waals surface area (Å²) in [6.45, 7) is 4.75. The number of rotatable bonds is 7. The van der Waals surface area contributed by atoms with Gasteiger partial charge in [-0.1, -0.05) is 6.07 Å². The van der Waals surface area contributed by atoms with Crippen LogP contribution in [0.3, 0.4) is 0 Å². The van der Waals surface area contributed by atoms with Crippen LogP contribution in [0.25, 0.3) is 11.1 Å². The monoisotopic (exact) mass is 401 g/mol. The van der Waals surface area contributed by atoms with E-state index in [1.54, 1.807) is 18.5 Å². The van der Waals surface area contributed by atoms with Crippen molar-refractivity contribution in [2.45, 2.75) is 39.2 Å². The Morgan fingerprint density at radius 2 is 2.07 bits per heavy atom. The Kier molecular flexibility index (Phi) is 5.57. The number of aromatic nitrogens is 4. The van der Waals surface area contributed by atoms with E-state index < -0.39 is 0 Å². The fraction of sp³-hybridized carbons (Fsp3) is 0.348.